The van der Waals surface area contributed by atoms with Gasteiger partial charge in [-0.15, -0.1) is 11.3 Å². The molecule has 0 atom stereocenters. The van der Waals surface area contributed by atoms with Gasteiger partial charge in [-0.05, 0) is 31.2 Å². The number of thiazole rings is 1. The van der Waals surface area contributed by atoms with Crippen LogP contribution in [-0.4, -0.2) is 16.5 Å². The first-order chi connectivity index (χ1) is 16.0. The van der Waals surface area contributed by atoms with E-state index in [9.17, 15) is 20.2 Å². The standard InChI is InChI=1S/C23H16N4O5S/c1-2-31-21-6-4-3-5-18(21)25-12-15(11-24)22-26-19(13-33-22)17-10-14-9-16(27(29)30)7-8-20(14)32-23(17)28/h3-10,12-13,25H,2H2,1H3/b15-12-. The average molecular weight is 460 g/mol. The third-order valence-corrected chi connectivity index (χ3v) is 5.49. The summed E-state index contributed by atoms with van der Waals surface area (Å²) in [6.45, 7) is 2.38. The molecule has 0 saturated heterocycles. The number of nitrogens with zero attached hydrogens (tertiary/aromatic N) is 3. The second kappa shape index (κ2) is 9.33. The second-order valence-corrected chi connectivity index (χ2v) is 7.57. The van der Waals surface area contributed by atoms with Crippen LogP contribution in [0.3, 0.4) is 0 Å². The molecule has 33 heavy (non-hydrogen) atoms. The van der Waals surface area contributed by atoms with E-state index in [0.29, 0.717) is 34.1 Å². The molecule has 0 fully saturated rings. The summed E-state index contributed by atoms with van der Waals surface area (Å²) >= 11 is 1.19. The highest BCUT2D eigenvalue weighted by atomic mass is 32.1. The molecule has 0 saturated carbocycles. The summed E-state index contributed by atoms with van der Waals surface area (Å²) in [4.78, 5) is 27.4. The van der Waals surface area contributed by atoms with Crippen LogP contribution in [0.15, 0.2) is 69.3 Å². The highest BCUT2D eigenvalue weighted by Gasteiger charge is 2.15. The topological polar surface area (TPSA) is 131 Å². The van der Waals surface area contributed by atoms with Crippen molar-refractivity contribution >= 4 is 39.3 Å². The number of anilines is 1. The van der Waals surface area contributed by atoms with Crippen molar-refractivity contribution in [3.05, 3.63) is 85.7 Å². The van der Waals surface area contributed by atoms with Crippen LogP contribution >= 0.6 is 11.3 Å². The van der Waals surface area contributed by atoms with Gasteiger partial charge in [0, 0.05) is 29.1 Å². The van der Waals surface area contributed by atoms with Crippen LogP contribution < -0.4 is 15.7 Å². The average Bonchev–Trinajstić information content (AvgIpc) is 3.29. The molecule has 4 rings (SSSR count). The van der Waals surface area contributed by atoms with Crippen LogP contribution in [-0.2, 0) is 0 Å². The van der Waals surface area contributed by atoms with Gasteiger partial charge in [-0.3, -0.25) is 10.1 Å². The molecule has 2 aromatic carbocycles. The zero-order chi connectivity index (χ0) is 23.4. The number of hydrogen-bond acceptors (Lipinski definition) is 9. The molecule has 2 aromatic heterocycles. The van der Waals surface area contributed by atoms with Crippen molar-refractivity contribution in [2.24, 2.45) is 0 Å². The summed E-state index contributed by atoms with van der Waals surface area (Å²) in [5.41, 5.74) is 0.915. The predicted octanol–water partition coefficient (Wildman–Crippen LogP) is 5.20. The zero-order valence-electron chi connectivity index (χ0n) is 17.3. The molecule has 0 aliphatic carbocycles. The van der Waals surface area contributed by atoms with Crippen LogP contribution in [0, 0.1) is 21.4 Å². The number of hydrogen-bond donors (Lipinski definition) is 1. The number of non-ortho nitro benzene ring substituents is 1. The molecule has 0 unspecified atom stereocenters. The number of nitro benzene ring substituents is 1. The van der Waals surface area contributed by atoms with E-state index in [2.05, 4.69) is 16.4 Å². The molecule has 0 amide bonds. The molecule has 0 radical (unpaired) electrons. The van der Waals surface area contributed by atoms with E-state index in [4.69, 9.17) is 9.15 Å². The monoisotopic (exact) mass is 460 g/mol. The first-order valence-electron chi connectivity index (χ1n) is 9.77. The minimum Gasteiger partial charge on any atom is -0.492 e. The van der Waals surface area contributed by atoms with Crippen LogP contribution in [0.1, 0.15) is 11.9 Å². The fourth-order valence-electron chi connectivity index (χ4n) is 3.08. The Balaban J connectivity index is 1.67. The Labute approximate surface area is 191 Å². The Kier molecular flexibility index (Phi) is 6.15. The highest BCUT2D eigenvalue weighted by molar-refractivity contribution is 7.11. The Hall–Kier alpha value is -4.49. The Morgan fingerprint density at radius 1 is 1.33 bits per heavy atom. The van der Waals surface area contributed by atoms with Gasteiger partial charge >= 0.3 is 5.63 Å². The molecule has 1 N–H and O–H groups in total. The van der Waals surface area contributed by atoms with E-state index in [1.165, 1.54) is 41.8 Å². The van der Waals surface area contributed by atoms with E-state index in [-0.39, 0.29) is 22.4 Å². The summed E-state index contributed by atoms with van der Waals surface area (Å²) in [6.07, 6.45) is 1.52. The number of para-hydroxylation sites is 2. The summed E-state index contributed by atoms with van der Waals surface area (Å²) in [7, 11) is 0. The predicted molar refractivity (Wildman–Crippen MR) is 125 cm³/mol. The van der Waals surface area contributed by atoms with Crippen molar-refractivity contribution in [1.82, 2.24) is 4.98 Å². The number of fused-ring (bicyclic) bond motifs is 1. The first kappa shape index (κ1) is 21.7. The normalized spacial score (nSPS) is 11.2. The molecule has 0 bridgehead atoms. The minimum absolute atomic E-state index is 0.116. The molecule has 10 heteroatoms. The lowest BCUT2D eigenvalue weighted by Crippen LogP contribution is -2.03. The van der Waals surface area contributed by atoms with Gasteiger partial charge in [0.15, 0.2) is 0 Å². The quantitative estimate of drug-likeness (QED) is 0.172. The first-order valence-corrected chi connectivity index (χ1v) is 10.7. The summed E-state index contributed by atoms with van der Waals surface area (Å²) < 4.78 is 10.9. The molecule has 2 heterocycles. The lowest BCUT2D eigenvalue weighted by Gasteiger charge is -2.09. The third kappa shape index (κ3) is 4.58. The summed E-state index contributed by atoms with van der Waals surface area (Å²) in [6, 6.07) is 14.9. The van der Waals surface area contributed by atoms with E-state index in [1.54, 1.807) is 5.38 Å². The molecular formula is C23H16N4O5S. The fourth-order valence-corrected chi connectivity index (χ4v) is 3.87. The lowest BCUT2D eigenvalue weighted by atomic mass is 10.1. The minimum atomic E-state index is -0.626. The van der Waals surface area contributed by atoms with Gasteiger partial charge < -0.3 is 14.5 Å². The molecule has 0 aliphatic heterocycles. The fraction of sp³-hybridized carbons (Fsp3) is 0.0870. The maximum absolute atomic E-state index is 12.5. The van der Waals surface area contributed by atoms with Crippen LogP contribution in [0.25, 0.3) is 27.8 Å². The van der Waals surface area contributed by atoms with Crippen molar-refractivity contribution in [3.63, 3.8) is 0 Å². The van der Waals surface area contributed by atoms with Crippen molar-refractivity contribution in [2.45, 2.75) is 6.92 Å². The van der Waals surface area contributed by atoms with Gasteiger partial charge in [-0.2, -0.15) is 5.26 Å². The SMILES string of the molecule is CCOc1ccccc1N/C=C(/C#N)c1nc(-c2cc3cc([N+](=O)[O-])ccc3oc2=O)cs1. The second-order valence-electron chi connectivity index (χ2n) is 6.71. The van der Waals surface area contributed by atoms with Gasteiger partial charge in [0.1, 0.15) is 28.0 Å². The molecule has 164 valence electrons. The molecular weight excluding hydrogens is 444 g/mol. The third-order valence-electron chi connectivity index (χ3n) is 4.62. The maximum Gasteiger partial charge on any atom is 0.345 e. The smallest absolute Gasteiger partial charge is 0.345 e. The zero-order valence-corrected chi connectivity index (χ0v) is 18.1. The number of nitrogens with one attached hydrogen (secondary N) is 1. The maximum atomic E-state index is 12.5. The molecule has 0 spiro atoms. The van der Waals surface area contributed by atoms with Gasteiger partial charge in [0.2, 0.25) is 0 Å². The number of ether oxygens (including phenoxy) is 1. The van der Waals surface area contributed by atoms with Crippen molar-refractivity contribution < 1.29 is 14.1 Å². The van der Waals surface area contributed by atoms with Gasteiger partial charge in [-0.1, -0.05) is 12.1 Å². The van der Waals surface area contributed by atoms with Crippen molar-refractivity contribution in [1.29, 1.82) is 5.26 Å². The largest absolute Gasteiger partial charge is 0.492 e. The van der Waals surface area contributed by atoms with E-state index in [1.807, 2.05) is 31.2 Å². The number of benzene rings is 2. The van der Waals surface area contributed by atoms with Gasteiger partial charge in [-0.25, -0.2) is 9.78 Å². The molecule has 0 aliphatic rings. The summed E-state index contributed by atoms with van der Waals surface area (Å²) in [5, 5.41) is 26.2. The molecule has 9 nitrogen and oxygen atoms in total. The number of nitro groups is 1. The highest BCUT2D eigenvalue weighted by Crippen LogP contribution is 2.29. The Morgan fingerprint density at radius 2 is 2.15 bits per heavy atom. The molecule has 4 aromatic rings. The number of aromatic nitrogens is 1. The van der Waals surface area contributed by atoms with E-state index in [0.717, 1.165) is 0 Å². The van der Waals surface area contributed by atoms with Crippen molar-refractivity contribution in [2.75, 3.05) is 11.9 Å². The van der Waals surface area contributed by atoms with E-state index < -0.39 is 10.5 Å². The van der Waals surface area contributed by atoms with Gasteiger partial charge in [0.05, 0.1) is 28.5 Å². The summed E-state index contributed by atoms with van der Waals surface area (Å²) in [5.74, 6) is 0.649. The van der Waals surface area contributed by atoms with Crippen molar-refractivity contribution in [3.8, 4) is 23.1 Å². The lowest BCUT2D eigenvalue weighted by molar-refractivity contribution is -0.384. The number of rotatable bonds is 7. The van der Waals surface area contributed by atoms with Crippen LogP contribution in [0.5, 0.6) is 5.75 Å². The van der Waals surface area contributed by atoms with Crippen LogP contribution in [0.2, 0.25) is 0 Å². The number of allylic oxidation sites excluding steroid dienone is 1. The van der Waals surface area contributed by atoms with Gasteiger partial charge in [0.25, 0.3) is 5.69 Å². The Bertz CT molecular complexity index is 1480. The van der Waals surface area contributed by atoms with Crippen LogP contribution in [0.4, 0.5) is 11.4 Å². The Morgan fingerprint density at radius 3 is 2.91 bits per heavy atom. The van der Waals surface area contributed by atoms with E-state index >= 15 is 0 Å². The number of nitriles is 1.